The van der Waals surface area contributed by atoms with Gasteiger partial charge in [-0.2, -0.15) is 0 Å². The molecule has 0 saturated carbocycles. The number of oxazole rings is 1. The van der Waals surface area contributed by atoms with Crippen LogP contribution in [0, 0.1) is 0 Å². The van der Waals surface area contributed by atoms with E-state index in [0.29, 0.717) is 5.89 Å². The molecule has 0 unspecified atom stereocenters. The number of fused-ring (bicyclic) bond motifs is 10. The second-order valence-corrected chi connectivity index (χ2v) is 15.0. The van der Waals surface area contributed by atoms with Gasteiger partial charge in [-0.15, -0.1) is 0 Å². The summed E-state index contributed by atoms with van der Waals surface area (Å²) in [7, 11) is 0. The fraction of sp³-hybridized carbons (Fsp3) is 0.0652. The zero-order chi connectivity index (χ0) is 34.0. The van der Waals surface area contributed by atoms with Crippen LogP contribution in [-0.2, 0) is 5.41 Å². The molecule has 0 saturated heterocycles. The number of hydrogen-bond donors (Lipinski definition) is 0. The molecular weight excluding hydrogens is 692 g/mol. The first kappa shape index (κ1) is 28.9. The molecule has 0 spiro atoms. The minimum absolute atomic E-state index is 0.198. The summed E-state index contributed by atoms with van der Waals surface area (Å²) < 4.78 is 15.8. The van der Waals surface area contributed by atoms with Crippen molar-refractivity contribution >= 4 is 70.8 Å². The van der Waals surface area contributed by atoms with E-state index in [-0.39, 0.29) is 5.41 Å². The van der Waals surface area contributed by atoms with Crippen LogP contribution in [0.3, 0.4) is 0 Å². The number of rotatable bonds is 3. The molecule has 4 nitrogen and oxygen atoms in total. The fourth-order valence-corrected chi connectivity index (χ4v) is 8.81. The first-order valence-corrected chi connectivity index (χ1v) is 18.0. The van der Waals surface area contributed by atoms with Gasteiger partial charge in [0.25, 0.3) is 0 Å². The lowest BCUT2D eigenvalue weighted by atomic mass is 9.81. The Morgan fingerprint density at radius 2 is 1.27 bits per heavy atom. The summed E-state index contributed by atoms with van der Waals surface area (Å²) in [5.74, 6) is 0.629. The van der Waals surface area contributed by atoms with Crippen molar-refractivity contribution in [2.45, 2.75) is 19.3 Å². The first-order chi connectivity index (χ1) is 24.9. The molecule has 0 aliphatic heterocycles. The van der Waals surface area contributed by atoms with Crippen molar-refractivity contribution in [3.63, 3.8) is 0 Å². The van der Waals surface area contributed by atoms with Gasteiger partial charge in [-0.3, -0.25) is 0 Å². The maximum absolute atomic E-state index is 6.20. The van der Waals surface area contributed by atoms with E-state index in [0.717, 1.165) is 54.3 Å². The predicted octanol–water partition coefficient (Wildman–Crippen LogP) is 13.2. The SMILES string of the molecule is CC1(C)c2cc(-c3ccc4oc5c(Br)cccc5c4c3)ccc2-c2ccc(-n3c4ccccc4c4ccc(-c5nc6ccccc6o5)cc43)cc21. The van der Waals surface area contributed by atoms with Crippen molar-refractivity contribution in [3.8, 4) is 39.4 Å². The Bertz CT molecular complexity index is 3050. The Hall–Kier alpha value is -5.91. The molecule has 1 aliphatic carbocycles. The van der Waals surface area contributed by atoms with Crippen LogP contribution in [-0.4, -0.2) is 9.55 Å². The van der Waals surface area contributed by atoms with Crippen molar-refractivity contribution in [2.24, 2.45) is 0 Å². The van der Waals surface area contributed by atoms with Crippen LogP contribution in [0.2, 0.25) is 0 Å². The molecule has 0 fully saturated rings. The Morgan fingerprint density at radius 1 is 0.549 bits per heavy atom. The molecule has 1 aliphatic rings. The van der Waals surface area contributed by atoms with E-state index in [1.165, 1.54) is 49.7 Å². The highest BCUT2D eigenvalue weighted by Crippen LogP contribution is 2.51. The highest BCUT2D eigenvalue weighted by molar-refractivity contribution is 9.10. The number of nitrogens with zero attached hydrogens (tertiary/aromatic N) is 2. The van der Waals surface area contributed by atoms with Gasteiger partial charge in [0.05, 0.1) is 15.5 Å². The largest absolute Gasteiger partial charge is 0.455 e. The van der Waals surface area contributed by atoms with E-state index in [2.05, 4.69) is 144 Å². The molecule has 0 amide bonds. The molecule has 0 N–H and O–H groups in total. The van der Waals surface area contributed by atoms with Gasteiger partial charge in [0.15, 0.2) is 5.58 Å². The summed E-state index contributed by atoms with van der Waals surface area (Å²) in [4.78, 5) is 4.81. The van der Waals surface area contributed by atoms with E-state index in [4.69, 9.17) is 13.8 Å². The van der Waals surface area contributed by atoms with Gasteiger partial charge in [0.1, 0.15) is 16.7 Å². The Kier molecular flexibility index (Phi) is 5.84. The van der Waals surface area contributed by atoms with E-state index >= 15 is 0 Å². The van der Waals surface area contributed by atoms with Crippen LogP contribution in [0.4, 0.5) is 0 Å². The topological polar surface area (TPSA) is 44.1 Å². The van der Waals surface area contributed by atoms with Crippen molar-refractivity contribution in [1.29, 1.82) is 0 Å². The third kappa shape index (κ3) is 4.10. The maximum atomic E-state index is 6.20. The lowest BCUT2D eigenvalue weighted by molar-refractivity contribution is 0.620. The summed E-state index contributed by atoms with van der Waals surface area (Å²) in [6.07, 6.45) is 0. The smallest absolute Gasteiger partial charge is 0.227 e. The van der Waals surface area contributed by atoms with Gasteiger partial charge in [0.2, 0.25) is 5.89 Å². The van der Waals surface area contributed by atoms with Crippen molar-refractivity contribution in [2.75, 3.05) is 0 Å². The molecule has 11 rings (SSSR count). The van der Waals surface area contributed by atoms with E-state index in [9.17, 15) is 0 Å². The molecule has 3 aromatic heterocycles. The van der Waals surface area contributed by atoms with Crippen LogP contribution < -0.4 is 0 Å². The van der Waals surface area contributed by atoms with Crippen LogP contribution >= 0.6 is 15.9 Å². The van der Waals surface area contributed by atoms with E-state index in [1.54, 1.807) is 0 Å². The lowest BCUT2D eigenvalue weighted by Gasteiger charge is -2.23. The summed E-state index contributed by atoms with van der Waals surface area (Å²) >= 11 is 3.66. The van der Waals surface area contributed by atoms with Crippen LogP contribution in [0.25, 0.3) is 94.2 Å². The number of benzene rings is 7. The molecular formula is C46H29BrN2O2. The monoisotopic (exact) mass is 720 g/mol. The third-order valence-electron chi connectivity index (χ3n) is 10.9. The first-order valence-electron chi connectivity index (χ1n) is 17.2. The fourth-order valence-electron chi connectivity index (χ4n) is 8.37. The van der Waals surface area contributed by atoms with Gasteiger partial charge < -0.3 is 13.4 Å². The summed E-state index contributed by atoms with van der Waals surface area (Å²) in [5, 5.41) is 4.67. The molecule has 7 aromatic carbocycles. The normalized spacial score (nSPS) is 13.5. The Labute approximate surface area is 301 Å². The van der Waals surface area contributed by atoms with E-state index < -0.39 is 0 Å². The average Bonchev–Trinajstić information content (AvgIpc) is 3.90. The van der Waals surface area contributed by atoms with Gasteiger partial charge >= 0.3 is 0 Å². The molecule has 242 valence electrons. The molecule has 51 heavy (non-hydrogen) atoms. The van der Waals surface area contributed by atoms with Crippen LogP contribution in [0.15, 0.2) is 153 Å². The summed E-state index contributed by atoms with van der Waals surface area (Å²) in [6, 6.07) is 49.8. The minimum atomic E-state index is -0.198. The molecule has 3 heterocycles. The van der Waals surface area contributed by atoms with Crippen molar-refractivity contribution < 1.29 is 8.83 Å². The van der Waals surface area contributed by atoms with Gasteiger partial charge in [-0.1, -0.05) is 86.6 Å². The number of halogens is 1. The standard InChI is InChI=1S/C46H29BrN2O2/c1-46(2)36-23-27(26-16-21-42-35(22-26)34-9-7-10-38(47)44(34)50-42)14-18-30(36)31-20-17-29(25-37(31)46)49-40-12-5-3-8-32(40)33-19-15-28(24-41(33)49)45-48-39-11-4-6-13-43(39)51-45/h3-25H,1-2H3. The molecule has 0 radical (unpaired) electrons. The third-order valence-corrected chi connectivity index (χ3v) is 11.5. The van der Waals surface area contributed by atoms with Gasteiger partial charge in [-0.25, -0.2) is 4.98 Å². The zero-order valence-electron chi connectivity index (χ0n) is 27.9. The molecule has 0 bridgehead atoms. The van der Waals surface area contributed by atoms with Crippen molar-refractivity contribution in [1.82, 2.24) is 9.55 Å². The predicted molar refractivity (Wildman–Crippen MR) is 212 cm³/mol. The van der Waals surface area contributed by atoms with Crippen molar-refractivity contribution in [3.05, 3.63) is 155 Å². The Morgan fingerprint density at radius 3 is 2.18 bits per heavy atom. The number of hydrogen-bond acceptors (Lipinski definition) is 3. The van der Waals surface area contributed by atoms with E-state index in [1.807, 2.05) is 30.3 Å². The Balaban J connectivity index is 1.04. The molecule has 5 heteroatoms. The maximum Gasteiger partial charge on any atom is 0.227 e. The van der Waals surface area contributed by atoms with Crippen LogP contribution in [0.5, 0.6) is 0 Å². The zero-order valence-corrected chi connectivity index (χ0v) is 29.5. The van der Waals surface area contributed by atoms with Gasteiger partial charge in [0, 0.05) is 38.2 Å². The number of aromatic nitrogens is 2. The van der Waals surface area contributed by atoms with Gasteiger partial charge in [-0.05, 0) is 116 Å². The highest BCUT2D eigenvalue weighted by Gasteiger charge is 2.36. The van der Waals surface area contributed by atoms with Crippen LogP contribution in [0.1, 0.15) is 25.0 Å². The lowest BCUT2D eigenvalue weighted by Crippen LogP contribution is -2.15. The average molecular weight is 722 g/mol. The second kappa shape index (κ2) is 10.3. The molecule has 0 atom stereocenters. The number of para-hydroxylation sites is 4. The minimum Gasteiger partial charge on any atom is -0.455 e. The molecule has 10 aromatic rings. The summed E-state index contributed by atoms with van der Waals surface area (Å²) in [6.45, 7) is 4.71. The quantitative estimate of drug-likeness (QED) is 0.182. The highest BCUT2D eigenvalue weighted by atomic mass is 79.9. The summed E-state index contributed by atoms with van der Waals surface area (Å²) in [5.41, 5.74) is 15.3. The second-order valence-electron chi connectivity index (χ2n) is 14.1. The number of furan rings is 1.